The van der Waals surface area contributed by atoms with Gasteiger partial charge in [-0.15, -0.1) is 0 Å². The van der Waals surface area contributed by atoms with E-state index in [0.29, 0.717) is 12.0 Å². The Labute approximate surface area is 98.6 Å². The van der Waals surface area contributed by atoms with Gasteiger partial charge in [-0.3, -0.25) is 0 Å². The standard InChI is InChI=1S/C12H15BrN2/c1-7-6-10-9(4-5-11(13)14-10)15-12(7)8-2-3-8/h4-5,7-8,12,15H,2-3,6H2,1H3/t7?,12-/m1/s1. The molecule has 15 heavy (non-hydrogen) atoms. The van der Waals surface area contributed by atoms with E-state index >= 15 is 0 Å². The summed E-state index contributed by atoms with van der Waals surface area (Å²) in [7, 11) is 0. The summed E-state index contributed by atoms with van der Waals surface area (Å²) >= 11 is 3.43. The molecule has 2 nitrogen and oxygen atoms in total. The topological polar surface area (TPSA) is 24.9 Å². The summed E-state index contributed by atoms with van der Waals surface area (Å²) in [5, 5.41) is 3.65. The van der Waals surface area contributed by atoms with Crippen molar-refractivity contribution >= 4 is 21.6 Å². The van der Waals surface area contributed by atoms with Gasteiger partial charge in [-0.1, -0.05) is 6.92 Å². The molecule has 3 rings (SSSR count). The van der Waals surface area contributed by atoms with Gasteiger partial charge in [0.05, 0.1) is 11.4 Å². The van der Waals surface area contributed by atoms with Crippen LogP contribution >= 0.6 is 15.9 Å². The smallest absolute Gasteiger partial charge is 0.106 e. The number of halogens is 1. The van der Waals surface area contributed by atoms with Crippen molar-refractivity contribution in [2.24, 2.45) is 11.8 Å². The number of aromatic nitrogens is 1. The molecule has 2 aliphatic rings. The molecular formula is C12H15BrN2. The highest BCUT2D eigenvalue weighted by atomic mass is 79.9. The maximum absolute atomic E-state index is 4.53. The van der Waals surface area contributed by atoms with Crippen LogP contribution in [0.3, 0.4) is 0 Å². The number of rotatable bonds is 1. The van der Waals surface area contributed by atoms with Crippen molar-refractivity contribution in [3.05, 3.63) is 22.4 Å². The van der Waals surface area contributed by atoms with E-state index in [1.54, 1.807) is 0 Å². The number of anilines is 1. The number of hydrogen-bond donors (Lipinski definition) is 1. The Kier molecular flexibility index (Phi) is 2.23. The zero-order valence-corrected chi connectivity index (χ0v) is 10.4. The van der Waals surface area contributed by atoms with E-state index in [9.17, 15) is 0 Å². The Morgan fingerprint density at radius 1 is 1.40 bits per heavy atom. The number of nitrogens with zero attached hydrogens (tertiary/aromatic N) is 1. The zero-order valence-electron chi connectivity index (χ0n) is 8.83. The molecular weight excluding hydrogens is 252 g/mol. The molecule has 2 heterocycles. The highest BCUT2D eigenvalue weighted by molar-refractivity contribution is 9.10. The van der Waals surface area contributed by atoms with Crippen molar-refractivity contribution in [2.45, 2.75) is 32.2 Å². The van der Waals surface area contributed by atoms with Crippen LogP contribution in [0.15, 0.2) is 16.7 Å². The molecule has 2 atom stereocenters. The SMILES string of the molecule is CC1Cc2nc(Br)ccc2N[C@H]1C1CC1. The lowest BCUT2D eigenvalue weighted by Gasteiger charge is -2.32. The van der Waals surface area contributed by atoms with Gasteiger partial charge in [-0.25, -0.2) is 4.98 Å². The third-order valence-corrected chi connectivity index (χ3v) is 3.96. The van der Waals surface area contributed by atoms with Crippen LogP contribution < -0.4 is 5.32 Å². The van der Waals surface area contributed by atoms with Crippen molar-refractivity contribution in [1.29, 1.82) is 0 Å². The zero-order chi connectivity index (χ0) is 10.4. The first kappa shape index (κ1) is 9.64. The average Bonchev–Trinajstić information content (AvgIpc) is 3.00. The first-order valence-corrected chi connectivity index (χ1v) is 6.45. The molecule has 1 fully saturated rings. The van der Waals surface area contributed by atoms with Gasteiger partial charge in [0.2, 0.25) is 0 Å². The first-order chi connectivity index (χ1) is 7.24. The predicted molar refractivity (Wildman–Crippen MR) is 64.9 cm³/mol. The van der Waals surface area contributed by atoms with Gasteiger partial charge in [-0.2, -0.15) is 0 Å². The molecule has 0 radical (unpaired) electrons. The Hall–Kier alpha value is -0.570. The van der Waals surface area contributed by atoms with E-state index in [1.165, 1.54) is 24.2 Å². The number of fused-ring (bicyclic) bond motifs is 1. The molecule has 1 aromatic heterocycles. The van der Waals surface area contributed by atoms with Crippen LogP contribution in [0.2, 0.25) is 0 Å². The maximum atomic E-state index is 4.53. The second-order valence-corrected chi connectivity index (χ2v) is 5.63. The summed E-state index contributed by atoms with van der Waals surface area (Å²) in [6.07, 6.45) is 3.92. The fourth-order valence-electron chi connectivity index (χ4n) is 2.55. The van der Waals surface area contributed by atoms with Crippen molar-refractivity contribution < 1.29 is 0 Å². The minimum Gasteiger partial charge on any atom is -0.380 e. The Balaban J connectivity index is 1.91. The van der Waals surface area contributed by atoms with Crippen LogP contribution in [0.4, 0.5) is 5.69 Å². The van der Waals surface area contributed by atoms with Gasteiger partial charge in [-0.05, 0) is 59.2 Å². The molecule has 1 unspecified atom stereocenters. The van der Waals surface area contributed by atoms with Crippen LogP contribution in [0.5, 0.6) is 0 Å². The van der Waals surface area contributed by atoms with Gasteiger partial charge in [0.25, 0.3) is 0 Å². The van der Waals surface area contributed by atoms with Crippen LogP contribution in [0, 0.1) is 11.8 Å². The molecule has 1 aromatic rings. The fourth-order valence-corrected chi connectivity index (χ4v) is 2.90. The van der Waals surface area contributed by atoms with E-state index < -0.39 is 0 Å². The summed E-state index contributed by atoms with van der Waals surface area (Å²) in [5.41, 5.74) is 2.46. The van der Waals surface area contributed by atoms with Gasteiger partial charge in [0, 0.05) is 6.04 Å². The summed E-state index contributed by atoms with van der Waals surface area (Å²) in [6.45, 7) is 2.33. The van der Waals surface area contributed by atoms with E-state index in [1.807, 2.05) is 6.07 Å². The molecule has 0 aromatic carbocycles. The molecule has 0 spiro atoms. The van der Waals surface area contributed by atoms with Crippen LogP contribution in [-0.2, 0) is 6.42 Å². The third kappa shape index (κ3) is 1.78. The minimum absolute atomic E-state index is 0.681. The molecule has 1 N–H and O–H groups in total. The van der Waals surface area contributed by atoms with E-state index in [4.69, 9.17) is 0 Å². The van der Waals surface area contributed by atoms with Gasteiger partial charge >= 0.3 is 0 Å². The summed E-state index contributed by atoms with van der Waals surface area (Å²) in [5.74, 6) is 1.63. The number of nitrogens with one attached hydrogen (secondary N) is 1. The summed E-state index contributed by atoms with van der Waals surface area (Å²) in [6, 6.07) is 4.85. The maximum Gasteiger partial charge on any atom is 0.106 e. The Morgan fingerprint density at radius 3 is 2.93 bits per heavy atom. The van der Waals surface area contributed by atoms with Gasteiger partial charge in [0.1, 0.15) is 4.60 Å². The molecule has 0 saturated heterocycles. The van der Waals surface area contributed by atoms with Crippen molar-refractivity contribution in [2.75, 3.05) is 5.32 Å². The van der Waals surface area contributed by atoms with E-state index in [0.717, 1.165) is 16.9 Å². The van der Waals surface area contributed by atoms with Crippen LogP contribution in [-0.4, -0.2) is 11.0 Å². The third-order valence-electron chi connectivity index (χ3n) is 3.52. The largest absolute Gasteiger partial charge is 0.380 e. The second-order valence-electron chi connectivity index (χ2n) is 4.82. The van der Waals surface area contributed by atoms with Gasteiger partial charge in [0.15, 0.2) is 0 Å². The normalized spacial score (nSPS) is 29.5. The lowest BCUT2D eigenvalue weighted by Crippen LogP contribution is -2.35. The highest BCUT2D eigenvalue weighted by Crippen LogP contribution is 2.41. The number of pyridine rings is 1. The molecule has 1 aliphatic heterocycles. The molecule has 1 aliphatic carbocycles. The van der Waals surface area contributed by atoms with Crippen molar-refractivity contribution in [3.63, 3.8) is 0 Å². The molecule has 80 valence electrons. The van der Waals surface area contributed by atoms with Crippen LogP contribution in [0.25, 0.3) is 0 Å². The monoisotopic (exact) mass is 266 g/mol. The lowest BCUT2D eigenvalue weighted by molar-refractivity contribution is 0.421. The Morgan fingerprint density at radius 2 is 2.20 bits per heavy atom. The van der Waals surface area contributed by atoms with E-state index in [2.05, 4.69) is 39.2 Å². The quantitative estimate of drug-likeness (QED) is 0.790. The molecule has 0 bridgehead atoms. The molecule has 1 saturated carbocycles. The summed E-state index contributed by atoms with van der Waals surface area (Å²) in [4.78, 5) is 4.53. The number of hydrogen-bond acceptors (Lipinski definition) is 2. The fraction of sp³-hybridized carbons (Fsp3) is 0.583. The molecule has 3 heteroatoms. The highest BCUT2D eigenvalue weighted by Gasteiger charge is 2.37. The summed E-state index contributed by atoms with van der Waals surface area (Å²) < 4.78 is 0.945. The van der Waals surface area contributed by atoms with Crippen LogP contribution in [0.1, 0.15) is 25.5 Å². The minimum atomic E-state index is 0.681. The second kappa shape index (κ2) is 3.48. The first-order valence-electron chi connectivity index (χ1n) is 5.66. The van der Waals surface area contributed by atoms with Crippen molar-refractivity contribution in [1.82, 2.24) is 4.98 Å². The molecule has 0 amide bonds. The lowest BCUT2D eigenvalue weighted by atomic mass is 9.88. The van der Waals surface area contributed by atoms with Gasteiger partial charge < -0.3 is 5.32 Å². The van der Waals surface area contributed by atoms with Crippen molar-refractivity contribution in [3.8, 4) is 0 Å². The predicted octanol–water partition coefficient (Wildman–Crippen LogP) is 3.23. The average molecular weight is 267 g/mol. The Bertz CT molecular complexity index is 387. The van der Waals surface area contributed by atoms with E-state index in [-0.39, 0.29) is 0 Å².